The number of amides is 4. The lowest BCUT2D eigenvalue weighted by Gasteiger charge is -2.36. The first-order valence-electron chi connectivity index (χ1n) is 22.9. The first-order chi connectivity index (χ1) is 29.6. The fraction of sp³-hybridized carbons (Fsp3) is 0.667. The zero-order valence-corrected chi connectivity index (χ0v) is 37.2. The zero-order chi connectivity index (χ0) is 43.8. The highest BCUT2D eigenvalue weighted by Crippen LogP contribution is 2.30. The van der Waals surface area contributed by atoms with E-state index in [0.717, 1.165) is 49.7 Å². The average Bonchev–Trinajstić information content (AvgIpc) is 3.28. The predicted molar refractivity (Wildman–Crippen MR) is 235 cm³/mol. The van der Waals surface area contributed by atoms with E-state index in [0.29, 0.717) is 70.6 Å². The molecule has 1 saturated carbocycles. The monoisotopic (exact) mass is 851 g/mol. The molecule has 0 spiro atoms. The molecule has 1 saturated heterocycles. The van der Waals surface area contributed by atoms with Crippen LogP contribution < -0.4 is 16.0 Å². The number of piperidine rings is 1. The van der Waals surface area contributed by atoms with Crippen LogP contribution in [0.2, 0.25) is 0 Å². The minimum atomic E-state index is -0.986. The Bertz CT molecular complexity index is 1550. The third-order valence-electron chi connectivity index (χ3n) is 12.0. The van der Waals surface area contributed by atoms with Gasteiger partial charge in [0.05, 0.1) is 18.2 Å². The van der Waals surface area contributed by atoms with E-state index in [9.17, 15) is 24.3 Å². The molecule has 1 aliphatic carbocycles. The average molecular weight is 851 g/mol. The van der Waals surface area contributed by atoms with Crippen molar-refractivity contribution in [3.05, 3.63) is 71.8 Å². The summed E-state index contributed by atoms with van der Waals surface area (Å²) in [5.41, 5.74) is 1.84. The van der Waals surface area contributed by atoms with Gasteiger partial charge in [0.1, 0.15) is 25.6 Å². The maximum atomic E-state index is 14.4. The first-order valence-corrected chi connectivity index (χ1v) is 22.9. The molecule has 0 radical (unpaired) electrons. The molecule has 0 aromatic heterocycles. The molecule has 0 unspecified atom stereocenters. The number of benzene rings is 2. The molecule has 61 heavy (non-hydrogen) atoms. The largest absolute Gasteiger partial charge is 0.445 e. The first kappa shape index (κ1) is 49.6. The minimum absolute atomic E-state index is 0.0137. The fourth-order valence-electron chi connectivity index (χ4n) is 8.35. The molecule has 2 aliphatic rings. The van der Waals surface area contributed by atoms with Crippen LogP contribution in [0.4, 0.5) is 4.79 Å². The SMILES string of the molecule is CCCC[C@H](O[C@@H](Cc1ccccc1)C(=O)N1CCC(OCOC)CC1)C(=O)N[C@@H](CC1CCCCC1)[C@@H](O)C[C@H](C(=O)NCCCNC(=O)OCc1ccccc1)C(C)C. The van der Waals surface area contributed by atoms with Crippen LogP contribution in [0.3, 0.4) is 0 Å². The Morgan fingerprint density at radius 3 is 2.11 bits per heavy atom. The molecular formula is C48H74N4O9. The number of carbonyl (C=O) groups excluding carboxylic acids is 4. The Kier molecular flexibility index (Phi) is 22.6. The van der Waals surface area contributed by atoms with Gasteiger partial charge in [-0.15, -0.1) is 0 Å². The van der Waals surface area contributed by atoms with Crippen LogP contribution in [-0.4, -0.2) is 104 Å². The van der Waals surface area contributed by atoms with Crippen molar-refractivity contribution in [2.24, 2.45) is 17.8 Å². The third-order valence-corrected chi connectivity index (χ3v) is 12.0. The second kappa shape index (κ2) is 27.8. The summed E-state index contributed by atoms with van der Waals surface area (Å²) in [6.45, 7) is 8.09. The van der Waals surface area contributed by atoms with E-state index in [1.165, 1.54) is 6.42 Å². The molecule has 4 rings (SSSR count). The van der Waals surface area contributed by atoms with E-state index in [1.54, 1.807) is 7.11 Å². The number of nitrogens with zero attached hydrogens (tertiary/aromatic N) is 1. The summed E-state index contributed by atoms with van der Waals surface area (Å²) in [5.74, 6) is -0.908. The molecule has 13 heteroatoms. The molecule has 2 fully saturated rings. The molecule has 13 nitrogen and oxygen atoms in total. The van der Waals surface area contributed by atoms with Gasteiger partial charge < -0.3 is 44.9 Å². The van der Waals surface area contributed by atoms with Crippen LogP contribution in [0, 0.1) is 17.8 Å². The summed E-state index contributed by atoms with van der Waals surface area (Å²) in [6.07, 6.45) is 7.14. The van der Waals surface area contributed by atoms with E-state index in [4.69, 9.17) is 18.9 Å². The van der Waals surface area contributed by atoms with E-state index in [2.05, 4.69) is 22.9 Å². The van der Waals surface area contributed by atoms with Crippen molar-refractivity contribution < 1.29 is 43.2 Å². The number of aliphatic hydroxyl groups is 1. The lowest BCUT2D eigenvalue weighted by Crippen LogP contribution is -2.52. The van der Waals surface area contributed by atoms with Gasteiger partial charge in [-0.25, -0.2) is 4.79 Å². The summed E-state index contributed by atoms with van der Waals surface area (Å²) in [5, 5.41) is 20.9. The summed E-state index contributed by atoms with van der Waals surface area (Å²) < 4.78 is 22.7. The van der Waals surface area contributed by atoms with Crippen molar-refractivity contribution in [3.8, 4) is 0 Å². The Balaban J connectivity index is 1.40. The summed E-state index contributed by atoms with van der Waals surface area (Å²) in [4.78, 5) is 56.2. The number of likely N-dealkylation sites (tertiary alicyclic amines) is 1. The van der Waals surface area contributed by atoms with Crippen LogP contribution in [0.15, 0.2) is 60.7 Å². The Labute approximate surface area is 364 Å². The number of ether oxygens (including phenoxy) is 4. The number of methoxy groups -OCH3 is 1. The van der Waals surface area contributed by atoms with E-state index < -0.39 is 36.4 Å². The molecule has 340 valence electrons. The van der Waals surface area contributed by atoms with Crippen LogP contribution >= 0.6 is 0 Å². The molecule has 2 aromatic rings. The quantitative estimate of drug-likeness (QED) is 0.0596. The number of carbonyl (C=O) groups is 4. The minimum Gasteiger partial charge on any atom is -0.445 e. The topological polar surface area (TPSA) is 165 Å². The van der Waals surface area contributed by atoms with Gasteiger partial charge >= 0.3 is 6.09 Å². The van der Waals surface area contributed by atoms with Gasteiger partial charge in [0.15, 0.2) is 0 Å². The second-order valence-electron chi connectivity index (χ2n) is 17.2. The van der Waals surface area contributed by atoms with Crippen molar-refractivity contribution in [2.75, 3.05) is 40.1 Å². The maximum Gasteiger partial charge on any atom is 0.407 e. The lowest BCUT2D eigenvalue weighted by atomic mass is 9.81. The fourth-order valence-corrected chi connectivity index (χ4v) is 8.35. The number of alkyl carbamates (subject to hydrolysis) is 1. The lowest BCUT2D eigenvalue weighted by molar-refractivity contribution is -0.157. The molecule has 1 heterocycles. The standard InChI is InChI=1S/C48H74N4O9/c1-5-6-23-43(61-44(31-37-19-12-8-13-20-37)47(56)52-28-24-39(25-29-52)60-34-58-4)46(55)51-41(30-36-17-10-7-11-18-36)42(53)32-40(35(2)3)45(54)49-26-16-27-50-48(57)59-33-38-21-14-9-15-22-38/h8-9,12-15,19-22,35-36,39-44,53H,5-7,10-11,16-18,23-34H2,1-4H3,(H,49,54)(H,50,57)(H,51,55)/t40-,41-,42-,43-,44-/m0/s1. The van der Waals surface area contributed by atoms with Crippen LogP contribution in [0.1, 0.15) is 115 Å². The zero-order valence-electron chi connectivity index (χ0n) is 37.2. The summed E-state index contributed by atoms with van der Waals surface area (Å²) in [7, 11) is 1.59. The Hall–Kier alpha value is -4.04. The molecule has 5 atom stereocenters. The highest BCUT2D eigenvalue weighted by atomic mass is 16.7. The number of nitrogens with one attached hydrogen (secondary N) is 3. The van der Waals surface area contributed by atoms with Crippen molar-refractivity contribution in [3.63, 3.8) is 0 Å². The normalized spacial score (nSPS) is 17.5. The van der Waals surface area contributed by atoms with Crippen molar-refractivity contribution in [2.45, 2.75) is 148 Å². The number of aliphatic hydroxyl groups excluding tert-OH is 1. The highest BCUT2D eigenvalue weighted by Gasteiger charge is 2.36. The van der Waals surface area contributed by atoms with Crippen LogP contribution in [0.5, 0.6) is 0 Å². The molecule has 4 amide bonds. The second-order valence-corrected chi connectivity index (χ2v) is 17.2. The molecule has 2 aromatic carbocycles. The van der Waals surface area contributed by atoms with Crippen LogP contribution in [0.25, 0.3) is 0 Å². The number of unbranched alkanes of at least 4 members (excludes halogenated alkanes) is 1. The van der Waals surface area contributed by atoms with Crippen molar-refractivity contribution in [1.29, 1.82) is 0 Å². The van der Waals surface area contributed by atoms with E-state index in [1.807, 2.05) is 79.4 Å². The number of rotatable bonds is 26. The highest BCUT2D eigenvalue weighted by molar-refractivity contribution is 5.84. The van der Waals surface area contributed by atoms with Gasteiger partial charge in [0.25, 0.3) is 5.91 Å². The smallest absolute Gasteiger partial charge is 0.407 e. The van der Waals surface area contributed by atoms with Gasteiger partial charge in [-0.1, -0.05) is 126 Å². The predicted octanol–water partition coefficient (Wildman–Crippen LogP) is 6.70. The summed E-state index contributed by atoms with van der Waals surface area (Å²) >= 11 is 0. The van der Waals surface area contributed by atoms with Gasteiger partial charge in [-0.2, -0.15) is 0 Å². The third kappa shape index (κ3) is 18.1. The number of hydrogen-bond donors (Lipinski definition) is 4. The van der Waals surface area contributed by atoms with Crippen molar-refractivity contribution >= 4 is 23.8 Å². The van der Waals surface area contributed by atoms with E-state index in [-0.39, 0.29) is 49.6 Å². The molecule has 4 N–H and O–H groups in total. The van der Waals surface area contributed by atoms with Gasteiger partial charge in [-0.05, 0) is 61.5 Å². The Morgan fingerprint density at radius 2 is 1.48 bits per heavy atom. The summed E-state index contributed by atoms with van der Waals surface area (Å²) in [6, 6.07) is 18.6. The molecule has 0 bridgehead atoms. The van der Waals surface area contributed by atoms with Gasteiger partial charge in [-0.3, -0.25) is 14.4 Å². The van der Waals surface area contributed by atoms with E-state index >= 15 is 0 Å². The van der Waals surface area contributed by atoms with Crippen LogP contribution in [-0.2, 0) is 46.4 Å². The van der Waals surface area contributed by atoms with Crippen molar-refractivity contribution in [1.82, 2.24) is 20.9 Å². The number of hydrogen-bond acceptors (Lipinski definition) is 9. The molecular weight excluding hydrogens is 777 g/mol. The Morgan fingerprint density at radius 1 is 0.820 bits per heavy atom. The molecule has 1 aliphatic heterocycles. The van der Waals surface area contributed by atoms with Gasteiger partial charge in [0, 0.05) is 45.6 Å². The van der Waals surface area contributed by atoms with Gasteiger partial charge in [0.2, 0.25) is 11.8 Å². The maximum absolute atomic E-state index is 14.4.